The molecule has 0 saturated carbocycles. The molecular weight excluding hydrogens is 382 g/mol. The van der Waals surface area contributed by atoms with Gasteiger partial charge in [0.15, 0.2) is 11.6 Å². The molecule has 0 atom stereocenters. The first-order valence-electron chi connectivity index (χ1n) is 8.49. The summed E-state index contributed by atoms with van der Waals surface area (Å²) in [4.78, 5) is 8.61. The highest BCUT2D eigenvalue weighted by atomic mass is 35.5. The maximum Gasteiger partial charge on any atom is 0.166 e. The van der Waals surface area contributed by atoms with E-state index < -0.39 is 11.6 Å². The van der Waals surface area contributed by atoms with Crippen LogP contribution in [0.3, 0.4) is 0 Å². The van der Waals surface area contributed by atoms with Crippen LogP contribution in [-0.2, 0) is 6.54 Å². The third-order valence-corrected chi connectivity index (χ3v) is 4.59. The van der Waals surface area contributed by atoms with Gasteiger partial charge in [0.1, 0.15) is 11.3 Å². The van der Waals surface area contributed by atoms with Crippen molar-refractivity contribution in [3.8, 4) is 11.1 Å². The second-order valence-electron chi connectivity index (χ2n) is 6.17. The predicted octanol–water partition coefficient (Wildman–Crippen LogP) is 5.96. The molecule has 2 heterocycles. The summed E-state index contributed by atoms with van der Waals surface area (Å²) < 4.78 is 29.3. The molecule has 28 heavy (non-hydrogen) atoms. The Bertz CT molecular complexity index is 1170. The summed E-state index contributed by atoms with van der Waals surface area (Å²) in [6, 6.07) is 11.1. The summed E-state index contributed by atoms with van der Waals surface area (Å²) in [6.07, 6.45) is 4.98. The molecule has 0 amide bonds. The molecule has 0 aliphatic rings. The van der Waals surface area contributed by atoms with Gasteiger partial charge in [-0.15, -0.1) is 6.58 Å². The van der Waals surface area contributed by atoms with Crippen molar-refractivity contribution in [3.05, 3.63) is 84.3 Å². The summed E-state index contributed by atoms with van der Waals surface area (Å²) in [6.45, 7) is 4.36. The van der Waals surface area contributed by atoms with Crippen LogP contribution in [0.25, 0.3) is 22.2 Å². The van der Waals surface area contributed by atoms with Crippen LogP contribution in [0.4, 0.5) is 20.3 Å². The van der Waals surface area contributed by atoms with E-state index >= 15 is 0 Å². The van der Waals surface area contributed by atoms with Crippen molar-refractivity contribution < 1.29 is 8.78 Å². The van der Waals surface area contributed by atoms with Crippen molar-refractivity contribution in [1.82, 2.24) is 14.5 Å². The molecule has 4 rings (SSSR count). The van der Waals surface area contributed by atoms with Crippen LogP contribution in [0.1, 0.15) is 0 Å². The summed E-state index contributed by atoms with van der Waals surface area (Å²) >= 11 is 6.34. The van der Waals surface area contributed by atoms with E-state index in [-0.39, 0.29) is 5.56 Å². The maximum atomic E-state index is 13.9. The molecule has 0 bridgehead atoms. The number of imidazole rings is 1. The summed E-state index contributed by atoms with van der Waals surface area (Å²) in [7, 11) is 0. The van der Waals surface area contributed by atoms with Gasteiger partial charge in [-0.1, -0.05) is 29.8 Å². The molecule has 0 radical (unpaired) electrons. The van der Waals surface area contributed by atoms with Crippen LogP contribution >= 0.6 is 11.6 Å². The van der Waals surface area contributed by atoms with Crippen LogP contribution in [0, 0.1) is 11.6 Å². The molecule has 0 unspecified atom stereocenters. The van der Waals surface area contributed by atoms with E-state index in [1.54, 1.807) is 30.6 Å². The van der Waals surface area contributed by atoms with Crippen molar-refractivity contribution in [2.45, 2.75) is 6.54 Å². The van der Waals surface area contributed by atoms with Gasteiger partial charge in [-0.2, -0.15) is 0 Å². The fourth-order valence-electron chi connectivity index (χ4n) is 2.98. The molecule has 4 nitrogen and oxygen atoms in total. The zero-order chi connectivity index (χ0) is 19.7. The number of benzene rings is 2. The Morgan fingerprint density at radius 1 is 1.14 bits per heavy atom. The van der Waals surface area contributed by atoms with Gasteiger partial charge in [0.25, 0.3) is 0 Å². The number of fused-ring (bicyclic) bond motifs is 1. The number of halogens is 3. The molecule has 4 aromatic rings. The highest BCUT2D eigenvalue weighted by Gasteiger charge is 2.11. The highest BCUT2D eigenvalue weighted by molar-refractivity contribution is 6.35. The van der Waals surface area contributed by atoms with Gasteiger partial charge >= 0.3 is 0 Å². The second kappa shape index (κ2) is 7.40. The second-order valence-corrected chi connectivity index (χ2v) is 6.58. The number of hydrogen-bond donors (Lipinski definition) is 1. The minimum atomic E-state index is -0.891. The topological polar surface area (TPSA) is 42.7 Å². The highest BCUT2D eigenvalue weighted by Crippen LogP contribution is 2.29. The monoisotopic (exact) mass is 396 g/mol. The lowest BCUT2D eigenvalue weighted by molar-refractivity contribution is 0.511. The Balaban J connectivity index is 1.63. The maximum absolute atomic E-state index is 13.9. The fourth-order valence-corrected chi connectivity index (χ4v) is 3.24. The zero-order valence-corrected chi connectivity index (χ0v) is 15.4. The summed E-state index contributed by atoms with van der Waals surface area (Å²) in [5, 5.41) is 3.69. The summed E-state index contributed by atoms with van der Waals surface area (Å²) in [5.41, 5.74) is 2.96. The molecular formula is C21H15ClF2N4. The van der Waals surface area contributed by atoms with Crippen LogP contribution < -0.4 is 5.32 Å². The quantitative estimate of drug-likeness (QED) is 0.423. The number of hydrogen-bond acceptors (Lipinski definition) is 3. The Labute approximate surface area is 165 Å². The van der Waals surface area contributed by atoms with Crippen molar-refractivity contribution >= 4 is 34.1 Å². The fraction of sp³-hybridized carbons (Fsp3) is 0.0476. The predicted molar refractivity (Wildman–Crippen MR) is 108 cm³/mol. The normalized spacial score (nSPS) is 11.0. The molecule has 0 aliphatic carbocycles. The van der Waals surface area contributed by atoms with Crippen LogP contribution in [0.2, 0.25) is 5.02 Å². The number of pyridine rings is 1. The first-order valence-corrected chi connectivity index (χ1v) is 8.87. The van der Waals surface area contributed by atoms with Gasteiger partial charge in [0.2, 0.25) is 0 Å². The first-order chi connectivity index (χ1) is 13.6. The van der Waals surface area contributed by atoms with E-state index in [2.05, 4.69) is 21.9 Å². The van der Waals surface area contributed by atoms with E-state index in [1.165, 1.54) is 18.3 Å². The van der Waals surface area contributed by atoms with Gasteiger partial charge in [0, 0.05) is 29.6 Å². The van der Waals surface area contributed by atoms with Gasteiger partial charge in [-0.05, 0) is 30.3 Å². The zero-order valence-electron chi connectivity index (χ0n) is 14.7. The van der Waals surface area contributed by atoms with E-state index in [0.29, 0.717) is 28.5 Å². The lowest BCUT2D eigenvalue weighted by Crippen LogP contribution is -1.96. The van der Waals surface area contributed by atoms with Crippen molar-refractivity contribution in [1.29, 1.82) is 0 Å². The number of allylic oxidation sites excluding steroid dienone is 1. The molecule has 0 aliphatic heterocycles. The van der Waals surface area contributed by atoms with Crippen molar-refractivity contribution in [2.75, 3.05) is 5.32 Å². The smallest absolute Gasteiger partial charge is 0.166 e. The lowest BCUT2D eigenvalue weighted by Gasteiger charge is -2.09. The minimum Gasteiger partial charge on any atom is -0.340 e. The number of rotatable bonds is 5. The summed E-state index contributed by atoms with van der Waals surface area (Å²) in [5.74, 6) is -1.23. The SMILES string of the molecule is C=CCn1cnc2c(Cl)cc(Nc3ccc(-c4cccc(F)c4F)cn3)cc21. The van der Waals surface area contributed by atoms with E-state index in [0.717, 1.165) is 17.3 Å². The first kappa shape index (κ1) is 18.1. The average molecular weight is 397 g/mol. The molecule has 0 saturated heterocycles. The van der Waals surface area contributed by atoms with Crippen molar-refractivity contribution in [2.24, 2.45) is 0 Å². The number of nitrogens with zero attached hydrogens (tertiary/aromatic N) is 3. The molecule has 140 valence electrons. The third kappa shape index (κ3) is 3.34. The molecule has 2 aromatic heterocycles. The van der Waals surface area contributed by atoms with Gasteiger partial charge in [-0.25, -0.2) is 18.7 Å². The molecule has 0 fully saturated rings. The third-order valence-electron chi connectivity index (χ3n) is 4.30. The van der Waals surface area contributed by atoms with Gasteiger partial charge in [0.05, 0.1) is 16.9 Å². The van der Waals surface area contributed by atoms with Gasteiger partial charge in [-0.3, -0.25) is 0 Å². The Kier molecular flexibility index (Phi) is 4.79. The molecule has 1 N–H and O–H groups in total. The Morgan fingerprint density at radius 2 is 2.00 bits per heavy atom. The van der Waals surface area contributed by atoms with Crippen molar-refractivity contribution in [3.63, 3.8) is 0 Å². The Hall–Kier alpha value is -3.25. The van der Waals surface area contributed by atoms with Gasteiger partial charge < -0.3 is 9.88 Å². The minimum absolute atomic E-state index is 0.164. The number of nitrogens with one attached hydrogen (secondary N) is 1. The Morgan fingerprint density at radius 3 is 2.75 bits per heavy atom. The van der Waals surface area contributed by atoms with E-state index in [9.17, 15) is 8.78 Å². The van der Waals surface area contributed by atoms with E-state index in [4.69, 9.17) is 11.6 Å². The lowest BCUT2D eigenvalue weighted by atomic mass is 10.1. The standard InChI is InChI=1S/C21H15ClF2N4/c1-2-8-28-12-26-21-16(22)9-14(10-18(21)28)27-19-7-6-13(11-25-19)15-4-3-5-17(23)20(15)24/h2-7,9-12H,1,8H2,(H,25,27). The molecule has 0 spiro atoms. The molecule has 2 aromatic carbocycles. The average Bonchev–Trinajstić information content (AvgIpc) is 3.09. The largest absolute Gasteiger partial charge is 0.340 e. The van der Waals surface area contributed by atoms with E-state index in [1.807, 2.05) is 10.6 Å². The number of aromatic nitrogens is 3. The van der Waals surface area contributed by atoms with Crippen LogP contribution in [0.5, 0.6) is 0 Å². The number of anilines is 2. The van der Waals surface area contributed by atoms with Crippen LogP contribution in [0.15, 0.2) is 67.6 Å². The molecule has 7 heteroatoms. The van der Waals surface area contributed by atoms with Crippen LogP contribution in [-0.4, -0.2) is 14.5 Å².